The van der Waals surface area contributed by atoms with Crippen LogP contribution in [0.25, 0.3) is 11.3 Å². The minimum atomic E-state index is -0.506. The highest BCUT2D eigenvalue weighted by Crippen LogP contribution is 2.22. The lowest BCUT2D eigenvalue weighted by Crippen LogP contribution is -2.37. The van der Waals surface area contributed by atoms with Crippen molar-refractivity contribution in [1.29, 1.82) is 0 Å². The lowest BCUT2D eigenvalue weighted by molar-refractivity contribution is 0.0229. The molecule has 1 aromatic carbocycles. The van der Waals surface area contributed by atoms with E-state index in [1.807, 2.05) is 52.0 Å². The molecule has 1 aromatic heterocycles. The number of benzene rings is 1. The summed E-state index contributed by atoms with van der Waals surface area (Å²) < 4.78 is 6.48. The van der Waals surface area contributed by atoms with Gasteiger partial charge in [0, 0.05) is 16.6 Å². The van der Waals surface area contributed by atoms with Crippen LogP contribution in [0.2, 0.25) is 0 Å². The molecular weight excluding hydrogens is 370 g/mol. The number of hydrogen-bond donors (Lipinski definition) is 1. The molecule has 0 saturated heterocycles. The number of hydrogen-bond acceptors (Lipinski definition) is 3. The van der Waals surface area contributed by atoms with Crippen molar-refractivity contribution in [2.24, 2.45) is 0 Å². The minimum Gasteiger partial charge on any atom is -0.444 e. The van der Waals surface area contributed by atoms with Crippen molar-refractivity contribution in [2.45, 2.75) is 46.3 Å². The zero-order chi connectivity index (χ0) is 17.7. The molecule has 0 aliphatic heterocycles. The van der Waals surface area contributed by atoms with Gasteiger partial charge in [0.25, 0.3) is 0 Å². The first-order valence-electron chi connectivity index (χ1n) is 8.06. The predicted molar refractivity (Wildman–Crippen MR) is 98.7 cm³/mol. The summed E-state index contributed by atoms with van der Waals surface area (Å²) in [5.41, 5.74) is 1.46. The molecule has 0 radical (unpaired) electrons. The van der Waals surface area contributed by atoms with E-state index in [4.69, 9.17) is 4.74 Å². The molecule has 0 atom stereocenters. The van der Waals surface area contributed by atoms with Crippen molar-refractivity contribution in [3.8, 4) is 11.3 Å². The molecule has 2 aromatic rings. The standard InChI is InChI=1S/C18H24BrN3O2/c1-5-9-22(17(23)24-18(2,3)4)12-16-20-11-15(21-16)13-7-6-8-14(19)10-13/h6-8,10-11H,5,9,12H2,1-4H3,(H,20,21). The van der Waals surface area contributed by atoms with E-state index in [-0.39, 0.29) is 6.09 Å². The number of ether oxygens (including phenoxy) is 1. The Hall–Kier alpha value is -1.82. The zero-order valence-corrected chi connectivity index (χ0v) is 16.2. The van der Waals surface area contributed by atoms with Crippen molar-refractivity contribution in [3.05, 3.63) is 40.8 Å². The first-order valence-corrected chi connectivity index (χ1v) is 8.85. The lowest BCUT2D eigenvalue weighted by Gasteiger charge is -2.26. The maximum atomic E-state index is 12.3. The molecule has 1 N–H and O–H groups in total. The third-order valence-corrected chi connectivity index (χ3v) is 3.74. The summed E-state index contributed by atoms with van der Waals surface area (Å²) in [5, 5.41) is 0. The molecule has 0 aliphatic carbocycles. The molecule has 0 bridgehead atoms. The number of aromatic amines is 1. The molecule has 130 valence electrons. The molecule has 1 heterocycles. The maximum Gasteiger partial charge on any atom is 0.410 e. The van der Waals surface area contributed by atoms with Crippen LogP contribution in [-0.2, 0) is 11.3 Å². The zero-order valence-electron chi connectivity index (χ0n) is 14.6. The molecule has 0 fully saturated rings. The summed E-state index contributed by atoms with van der Waals surface area (Å²) in [6.07, 6.45) is 2.33. The summed E-state index contributed by atoms with van der Waals surface area (Å²) in [5.74, 6) is 0.740. The Morgan fingerprint density at radius 2 is 2.12 bits per heavy atom. The second-order valence-electron chi connectivity index (χ2n) is 6.66. The third-order valence-electron chi connectivity index (χ3n) is 3.25. The van der Waals surface area contributed by atoms with Crippen LogP contribution in [0.5, 0.6) is 0 Å². The molecular formula is C18H24BrN3O2. The lowest BCUT2D eigenvalue weighted by atomic mass is 10.2. The molecule has 24 heavy (non-hydrogen) atoms. The Morgan fingerprint density at radius 3 is 2.75 bits per heavy atom. The molecule has 5 nitrogen and oxygen atoms in total. The predicted octanol–water partition coefficient (Wildman–Crippen LogP) is 4.99. The maximum absolute atomic E-state index is 12.3. The average molecular weight is 394 g/mol. The van der Waals surface area contributed by atoms with Gasteiger partial charge in [-0.15, -0.1) is 0 Å². The van der Waals surface area contributed by atoms with E-state index >= 15 is 0 Å². The van der Waals surface area contributed by atoms with Crippen LogP contribution < -0.4 is 0 Å². The normalized spacial score (nSPS) is 11.4. The van der Waals surface area contributed by atoms with Gasteiger partial charge in [-0.25, -0.2) is 9.78 Å². The van der Waals surface area contributed by atoms with Gasteiger partial charge in [-0.2, -0.15) is 0 Å². The number of carbonyl (C=O) groups excluding carboxylic acids is 1. The van der Waals surface area contributed by atoms with Crippen LogP contribution in [0.4, 0.5) is 4.79 Å². The van der Waals surface area contributed by atoms with Crippen molar-refractivity contribution in [1.82, 2.24) is 14.9 Å². The van der Waals surface area contributed by atoms with E-state index in [1.165, 1.54) is 0 Å². The van der Waals surface area contributed by atoms with Crippen molar-refractivity contribution >= 4 is 22.0 Å². The molecule has 0 unspecified atom stereocenters. The number of nitrogens with one attached hydrogen (secondary N) is 1. The highest BCUT2D eigenvalue weighted by atomic mass is 79.9. The average Bonchev–Trinajstić information content (AvgIpc) is 2.93. The van der Waals surface area contributed by atoms with E-state index in [0.717, 1.165) is 28.0 Å². The number of carbonyl (C=O) groups is 1. The first kappa shape index (κ1) is 18.5. The van der Waals surface area contributed by atoms with Crippen LogP contribution in [0, 0.1) is 0 Å². The monoisotopic (exact) mass is 393 g/mol. The van der Waals surface area contributed by atoms with Crippen LogP contribution in [0.15, 0.2) is 34.9 Å². The van der Waals surface area contributed by atoms with Crippen LogP contribution in [-0.4, -0.2) is 33.1 Å². The molecule has 0 aliphatic rings. The number of H-pyrrole nitrogens is 1. The van der Waals surface area contributed by atoms with Crippen LogP contribution in [0.1, 0.15) is 39.9 Å². The highest BCUT2D eigenvalue weighted by Gasteiger charge is 2.22. The smallest absolute Gasteiger partial charge is 0.410 e. The fourth-order valence-electron chi connectivity index (χ4n) is 2.26. The molecule has 6 heteroatoms. The Bertz CT molecular complexity index is 692. The highest BCUT2D eigenvalue weighted by molar-refractivity contribution is 9.10. The quantitative estimate of drug-likeness (QED) is 0.778. The molecule has 2 rings (SSSR count). The van der Waals surface area contributed by atoms with Gasteiger partial charge in [0.15, 0.2) is 0 Å². The van der Waals surface area contributed by atoms with Gasteiger partial charge < -0.3 is 14.6 Å². The Balaban J connectivity index is 2.11. The summed E-state index contributed by atoms with van der Waals surface area (Å²) >= 11 is 3.47. The third kappa shape index (κ3) is 5.37. The topological polar surface area (TPSA) is 58.2 Å². The second-order valence-corrected chi connectivity index (χ2v) is 7.57. The number of amides is 1. The van der Waals surface area contributed by atoms with Crippen LogP contribution >= 0.6 is 15.9 Å². The van der Waals surface area contributed by atoms with E-state index < -0.39 is 5.60 Å². The van der Waals surface area contributed by atoms with E-state index in [1.54, 1.807) is 11.1 Å². The fourth-order valence-corrected chi connectivity index (χ4v) is 2.66. The number of halogens is 1. The summed E-state index contributed by atoms with van der Waals surface area (Å²) in [6.45, 7) is 8.67. The van der Waals surface area contributed by atoms with E-state index in [9.17, 15) is 4.79 Å². The van der Waals surface area contributed by atoms with Gasteiger partial charge >= 0.3 is 6.09 Å². The first-order chi connectivity index (χ1) is 11.3. The number of imidazole rings is 1. The summed E-state index contributed by atoms with van der Waals surface area (Å²) in [4.78, 5) is 21.7. The SMILES string of the molecule is CCCN(Cc1ncc(-c2cccc(Br)c2)[nH]1)C(=O)OC(C)(C)C. The fraction of sp³-hybridized carbons (Fsp3) is 0.444. The van der Waals surface area contributed by atoms with Gasteiger partial charge in [-0.1, -0.05) is 35.0 Å². The Labute approximate surface area is 151 Å². The summed E-state index contributed by atoms with van der Waals surface area (Å²) in [6, 6.07) is 7.99. The van der Waals surface area contributed by atoms with Crippen molar-refractivity contribution in [2.75, 3.05) is 6.54 Å². The van der Waals surface area contributed by atoms with Crippen molar-refractivity contribution < 1.29 is 9.53 Å². The van der Waals surface area contributed by atoms with E-state index in [2.05, 4.69) is 25.9 Å². The number of aromatic nitrogens is 2. The summed E-state index contributed by atoms with van der Waals surface area (Å²) in [7, 11) is 0. The number of nitrogens with zero attached hydrogens (tertiary/aromatic N) is 2. The second kappa shape index (κ2) is 7.83. The van der Waals surface area contributed by atoms with Gasteiger partial charge in [0.1, 0.15) is 11.4 Å². The van der Waals surface area contributed by atoms with Crippen LogP contribution in [0.3, 0.4) is 0 Å². The molecule has 0 spiro atoms. The number of rotatable bonds is 5. The Morgan fingerprint density at radius 1 is 1.38 bits per heavy atom. The van der Waals surface area contributed by atoms with Crippen molar-refractivity contribution in [3.63, 3.8) is 0 Å². The largest absolute Gasteiger partial charge is 0.444 e. The van der Waals surface area contributed by atoms with E-state index in [0.29, 0.717) is 13.1 Å². The van der Waals surface area contributed by atoms with Gasteiger partial charge in [-0.3, -0.25) is 0 Å². The van der Waals surface area contributed by atoms with Gasteiger partial charge in [0.05, 0.1) is 18.4 Å². The Kier molecular flexibility index (Phi) is 6.04. The molecule has 1 amide bonds. The van der Waals surface area contributed by atoms with Gasteiger partial charge in [0.2, 0.25) is 0 Å². The van der Waals surface area contributed by atoms with Gasteiger partial charge in [-0.05, 0) is 39.3 Å². The minimum absolute atomic E-state index is 0.315. The molecule has 0 saturated carbocycles.